The maximum Gasteiger partial charge on any atom is 0.290 e. The number of hydrogen-bond donors (Lipinski definition) is 2. The lowest BCUT2D eigenvalue weighted by Gasteiger charge is -2.14. The van der Waals surface area contributed by atoms with Gasteiger partial charge in [-0.1, -0.05) is 11.6 Å². The normalized spacial score (nSPS) is 19.3. The number of anilines is 1. The molecule has 148 valence electrons. The molecular formula is C21H17ClF2N4O. The third kappa shape index (κ3) is 3.06. The number of aromatic nitrogens is 2. The van der Waals surface area contributed by atoms with Gasteiger partial charge in [0.1, 0.15) is 5.82 Å². The maximum atomic E-state index is 13.8. The SMILES string of the molecule is O=C(NNc1ccc(F)cc1F)c1nn(-c2ccc(Cl)cc2)c2c1C1CCC2C1. The average molecular weight is 415 g/mol. The molecule has 1 amide bonds. The van der Waals surface area contributed by atoms with Gasteiger partial charge in [0, 0.05) is 22.6 Å². The first-order valence-corrected chi connectivity index (χ1v) is 9.79. The molecule has 2 N–H and O–H groups in total. The first-order chi connectivity index (χ1) is 14.0. The van der Waals surface area contributed by atoms with Crippen LogP contribution < -0.4 is 10.9 Å². The van der Waals surface area contributed by atoms with Crippen molar-refractivity contribution in [1.82, 2.24) is 15.2 Å². The number of carbonyl (C=O) groups is 1. The number of hydrazine groups is 1. The number of carbonyl (C=O) groups excluding carboxylic acids is 1. The van der Waals surface area contributed by atoms with Gasteiger partial charge in [0.15, 0.2) is 11.5 Å². The van der Waals surface area contributed by atoms with E-state index in [0.717, 1.165) is 48.3 Å². The lowest BCUT2D eigenvalue weighted by molar-refractivity contribution is 0.0956. The van der Waals surface area contributed by atoms with E-state index < -0.39 is 17.5 Å². The highest BCUT2D eigenvalue weighted by Gasteiger charge is 2.44. The lowest BCUT2D eigenvalue weighted by Crippen LogP contribution is -2.31. The van der Waals surface area contributed by atoms with Gasteiger partial charge in [0.2, 0.25) is 0 Å². The van der Waals surface area contributed by atoms with Crippen molar-refractivity contribution < 1.29 is 13.6 Å². The molecule has 29 heavy (non-hydrogen) atoms. The van der Waals surface area contributed by atoms with Gasteiger partial charge in [0.25, 0.3) is 5.91 Å². The van der Waals surface area contributed by atoms with Gasteiger partial charge in [-0.2, -0.15) is 5.10 Å². The Morgan fingerprint density at radius 3 is 2.62 bits per heavy atom. The highest BCUT2D eigenvalue weighted by Crippen LogP contribution is 2.54. The van der Waals surface area contributed by atoms with Crippen LogP contribution in [0.4, 0.5) is 14.5 Å². The van der Waals surface area contributed by atoms with E-state index in [1.807, 2.05) is 16.8 Å². The van der Waals surface area contributed by atoms with Crippen molar-refractivity contribution in [1.29, 1.82) is 0 Å². The largest absolute Gasteiger partial charge is 0.295 e. The second-order valence-electron chi connectivity index (χ2n) is 7.45. The third-order valence-corrected chi connectivity index (χ3v) is 5.97. The zero-order valence-electron chi connectivity index (χ0n) is 15.3. The first-order valence-electron chi connectivity index (χ1n) is 9.41. The van der Waals surface area contributed by atoms with Crippen LogP contribution in [-0.2, 0) is 0 Å². The number of nitrogens with zero attached hydrogens (tertiary/aromatic N) is 2. The number of hydrogen-bond acceptors (Lipinski definition) is 3. The van der Waals surface area contributed by atoms with Crippen LogP contribution >= 0.6 is 11.6 Å². The summed E-state index contributed by atoms with van der Waals surface area (Å²) in [5.41, 5.74) is 8.21. The van der Waals surface area contributed by atoms with E-state index in [0.29, 0.717) is 22.6 Å². The number of fused-ring (bicyclic) bond motifs is 5. The van der Waals surface area contributed by atoms with Crippen LogP contribution in [0.25, 0.3) is 5.69 Å². The highest BCUT2D eigenvalue weighted by atomic mass is 35.5. The summed E-state index contributed by atoms with van der Waals surface area (Å²) in [6, 6.07) is 10.4. The van der Waals surface area contributed by atoms with E-state index in [4.69, 9.17) is 11.6 Å². The fourth-order valence-electron chi connectivity index (χ4n) is 4.45. The molecule has 2 aliphatic rings. The minimum absolute atomic E-state index is 0.0185. The lowest BCUT2D eigenvalue weighted by atomic mass is 9.95. The van der Waals surface area contributed by atoms with Crippen LogP contribution in [0.5, 0.6) is 0 Å². The molecule has 0 spiro atoms. The number of nitrogens with one attached hydrogen (secondary N) is 2. The summed E-state index contributed by atoms with van der Waals surface area (Å²) >= 11 is 6.00. The van der Waals surface area contributed by atoms with Gasteiger partial charge < -0.3 is 0 Å². The Labute approximate surface area is 170 Å². The Balaban J connectivity index is 1.47. The average Bonchev–Trinajstić information content (AvgIpc) is 3.40. The molecule has 8 heteroatoms. The Bertz CT molecular complexity index is 1110. The van der Waals surface area contributed by atoms with Crippen LogP contribution in [0.3, 0.4) is 0 Å². The molecule has 2 aromatic carbocycles. The minimum Gasteiger partial charge on any atom is -0.295 e. The minimum atomic E-state index is -0.790. The second kappa shape index (κ2) is 6.84. The molecule has 5 nitrogen and oxygen atoms in total. The second-order valence-corrected chi connectivity index (χ2v) is 7.88. The van der Waals surface area contributed by atoms with Crippen LogP contribution in [0.2, 0.25) is 5.02 Å². The van der Waals surface area contributed by atoms with Crippen LogP contribution in [0.15, 0.2) is 42.5 Å². The van der Waals surface area contributed by atoms with Crippen molar-refractivity contribution in [3.8, 4) is 5.69 Å². The summed E-state index contributed by atoms with van der Waals surface area (Å²) in [6.45, 7) is 0. The van der Waals surface area contributed by atoms with E-state index >= 15 is 0 Å². The summed E-state index contributed by atoms with van der Waals surface area (Å²) in [5, 5.41) is 5.22. The Kier molecular flexibility index (Phi) is 4.28. The van der Waals surface area contributed by atoms with E-state index in [2.05, 4.69) is 16.0 Å². The van der Waals surface area contributed by atoms with E-state index in [-0.39, 0.29) is 5.69 Å². The topological polar surface area (TPSA) is 59.0 Å². The van der Waals surface area contributed by atoms with Crippen molar-refractivity contribution in [3.63, 3.8) is 0 Å². The number of amides is 1. The van der Waals surface area contributed by atoms with Crippen molar-refractivity contribution in [2.75, 3.05) is 5.43 Å². The molecule has 5 rings (SSSR count). The molecule has 0 aliphatic heterocycles. The van der Waals surface area contributed by atoms with Gasteiger partial charge in [-0.3, -0.25) is 15.6 Å². The smallest absolute Gasteiger partial charge is 0.290 e. The summed E-state index contributed by atoms with van der Waals surface area (Å²) < 4.78 is 28.7. The molecule has 2 atom stereocenters. The first kappa shape index (κ1) is 18.1. The van der Waals surface area contributed by atoms with Gasteiger partial charge in [-0.25, -0.2) is 13.5 Å². The Morgan fingerprint density at radius 1 is 1.10 bits per heavy atom. The molecule has 0 radical (unpaired) electrons. The van der Waals surface area contributed by atoms with Gasteiger partial charge in [-0.05, 0) is 61.6 Å². The van der Waals surface area contributed by atoms with Crippen molar-refractivity contribution in [2.45, 2.75) is 31.1 Å². The Hall–Kier alpha value is -2.93. The van der Waals surface area contributed by atoms with E-state index in [9.17, 15) is 13.6 Å². The number of benzene rings is 2. The summed E-state index contributed by atoms with van der Waals surface area (Å²) in [6.07, 6.45) is 3.13. The molecule has 2 unspecified atom stereocenters. The van der Waals surface area contributed by atoms with Gasteiger partial charge in [0.05, 0.1) is 17.1 Å². The summed E-state index contributed by atoms with van der Waals surface area (Å²) in [7, 11) is 0. The van der Waals surface area contributed by atoms with Crippen molar-refractivity contribution in [3.05, 3.63) is 76.1 Å². The number of rotatable bonds is 4. The zero-order valence-corrected chi connectivity index (χ0v) is 16.0. The summed E-state index contributed by atoms with van der Waals surface area (Å²) in [5.74, 6) is -1.25. The van der Waals surface area contributed by atoms with Crippen molar-refractivity contribution in [2.24, 2.45) is 0 Å². The fourth-order valence-corrected chi connectivity index (χ4v) is 4.58. The molecule has 1 fully saturated rings. The molecule has 1 aromatic heterocycles. The monoisotopic (exact) mass is 414 g/mol. The third-order valence-electron chi connectivity index (χ3n) is 5.71. The van der Waals surface area contributed by atoms with Gasteiger partial charge in [-0.15, -0.1) is 0 Å². The van der Waals surface area contributed by atoms with Crippen LogP contribution in [0, 0.1) is 11.6 Å². The van der Waals surface area contributed by atoms with Gasteiger partial charge >= 0.3 is 0 Å². The molecular weight excluding hydrogens is 398 g/mol. The maximum absolute atomic E-state index is 13.8. The fraction of sp³-hybridized carbons (Fsp3) is 0.238. The Morgan fingerprint density at radius 2 is 1.86 bits per heavy atom. The van der Waals surface area contributed by atoms with Crippen LogP contribution in [0.1, 0.15) is 52.8 Å². The molecule has 0 saturated heterocycles. The van der Waals surface area contributed by atoms with E-state index in [1.165, 1.54) is 6.07 Å². The summed E-state index contributed by atoms with van der Waals surface area (Å²) in [4.78, 5) is 12.9. The quantitative estimate of drug-likeness (QED) is 0.595. The molecule has 1 saturated carbocycles. The number of halogens is 3. The van der Waals surface area contributed by atoms with Crippen LogP contribution in [-0.4, -0.2) is 15.7 Å². The predicted molar refractivity (Wildman–Crippen MR) is 105 cm³/mol. The molecule has 2 aliphatic carbocycles. The molecule has 1 heterocycles. The van der Waals surface area contributed by atoms with Crippen molar-refractivity contribution >= 4 is 23.2 Å². The van der Waals surface area contributed by atoms with E-state index in [1.54, 1.807) is 12.1 Å². The predicted octanol–water partition coefficient (Wildman–Crippen LogP) is 4.93. The molecule has 2 bridgehead atoms. The highest BCUT2D eigenvalue weighted by molar-refractivity contribution is 6.30. The molecule has 3 aromatic rings. The standard InChI is InChI=1S/C21H17ClF2N4O/c22-13-3-6-15(7-4-13)28-20-12-2-1-11(9-12)18(20)19(27-28)21(29)26-25-17-8-5-14(23)10-16(17)24/h3-8,10-12,25H,1-2,9H2,(H,26,29). The zero-order chi connectivity index (χ0) is 20.1.